The van der Waals surface area contributed by atoms with Crippen LogP contribution in [0.25, 0.3) is 28.4 Å². The Hall–Kier alpha value is -2.73. The van der Waals surface area contributed by atoms with Gasteiger partial charge in [-0.1, -0.05) is 42.1 Å². The highest BCUT2D eigenvalue weighted by atomic mass is 32.2. The van der Waals surface area contributed by atoms with Crippen LogP contribution in [0.1, 0.15) is 5.69 Å². The molecule has 0 bridgehead atoms. The predicted molar refractivity (Wildman–Crippen MR) is 96.0 cm³/mol. The summed E-state index contributed by atoms with van der Waals surface area (Å²) in [6.07, 6.45) is 5.74. The molecule has 0 saturated heterocycles. The molecule has 0 unspecified atom stereocenters. The molecule has 0 saturated carbocycles. The molecule has 0 spiro atoms. The molecule has 0 fully saturated rings. The molecule has 0 N–H and O–H groups in total. The molecule has 3 aromatic heterocycles. The van der Waals surface area contributed by atoms with Crippen molar-refractivity contribution >= 4 is 17.5 Å². The first-order chi connectivity index (χ1) is 11.8. The van der Waals surface area contributed by atoms with E-state index in [0.717, 1.165) is 33.5 Å². The minimum absolute atomic E-state index is 0.674. The van der Waals surface area contributed by atoms with Crippen molar-refractivity contribution in [2.24, 2.45) is 0 Å². The highest BCUT2D eigenvalue weighted by Gasteiger charge is 2.18. The summed E-state index contributed by atoms with van der Waals surface area (Å²) in [5.41, 5.74) is 4.62. The van der Waals surface area contributed by atoms with E-state index in [4.69, 9.17) is 4.98 Å². The number of fused-ring (bicyclic) bond motifs is 1. The highest BCUT2D eigenvalue weighted by Crippen LogP contribution is 2.31. The van der Waals surface area contributed by atoms with Gasteiger partial charge in [0.15, 0.2) is 5.16 Å². The summed E-state index contributed by atoms with van der Waals surface area (Å²) in [6.45, 7) is 1.97. The fourth-order valence-electron chi connectivity index (χ4n) is 2.63. The molecular formula is C18H15N5S. The molecule has 3 heterocycles. The van der Waals surface area contributed by atoms with Gasteiger partial charge < -0.3 is 0 Å². The Labute approximate surface area is 143 Å². The first kappa shape index (κ1) is 14.8. The monoisotopic (exact) mass is 333 g/mol. The molecule has 0 aliphatic carbocycles. The van der Waals surface area contributed by atoms with Gasteiger partial charge in [0.1, 0.15) is 11.4 Å². The summed E-state index contributed by atoms with van der Waals surface area (Å²) in [5, 5.41) is 0.738. The van der Waals surface area contributed by atoms with Crippen molar-refractivity contribution in [1.29, 1.82) is 0 Å². The average Bonchev–Trinajstić information content (AvgIpc) is 3.01. The van der Waals surface area contributed by atoms with Crippen molar-refractivity contribution < 1.29 is 0 Å². The second kappa shape index (κ2) is 6.05. The van der Waals surface area contributed by atoms with Crippen molar-refractivity contribution in [3.63, 3.8) is 0 Å². The number of benzene rings is 1. The van der Waals surface area contributed by atoms with Gasteiger partial charge in [-0.2, -0.15) is 0 Å². The van der Waals surface area contributed by atoms with E-state index in [1.54, 1.807) is 6.20 Å². The molecule has 0 amide bonds. The maximum atomic E-state index is 4.76. The fourth-order valence-corrected chi connectivity index (χ4v) is 2.99. The number of aromatic nitrogens is 5. The third-order valence-electron chi connectivity index (χ3n) is 3.74. The van der Waals surface area contributed by atoms with E-state index < -0.39 is 0 Å². The van der Waals surface area contributed by atoms with Crippen LogP contribution in [0.3, 0.4) is 0 Å². The van der Waals surface area contributed by atoms with E-state index in [0.29, 0.717) is 5.78 Å². The number of hydrogen-bond donors (Lipinski definition) is 0. The average molecular weight is 333 g/mol. The van der Waals surface area contributed by atoms with E-state index >= 15 is 0 Å². The van der Waals surface area contributed by atoms with Crippen molar-refractivity contribution in [3.05, 3.63) is 60.6 Å². The van der Waals surface area contributed by atoms with Gasteiger partial charge in [-0.05, 0) is 25.3 Å². The first-order valence-electron chi connectivity index (χ1n) is 7.55. The number of imidazole rings is 1. The molecule has 0 aliphatic heterocycles. The third-order valence-corrected chi connectivity index (χ3v) is 4.30. The van der Waals surface area contributed by atoms with Gasteiger partial charge >= 0.3 is 0 Å². The summed E-state index contributed by atoms with van der Waals surface area (Å²) >= 11 is 1.52. The lowest BCUT2D eigenvalue weighted by Gasteiger charge is -2.06. The second-order valence-electron chi connectivity index (χ2n) is 5.34. The lowest BCUT2D eigenvalue weighted by molar-refractivity contribution is 0.965. The summed E-state index contributed by atoms with van der Waals surface area (Å²) < 4.78 is 1.99. The standard InChI is InChI=1S/C18H15N5S/c1-12-9-11-23-16(14-8-10-19-18(21-14)24-2)15(22-17(23)20-12)13-6-4-3-5-7-13/h3-11H,1-2H3. The van der Waals surface area contributed by atoms with E-state index in [1.165, 1.54) is 11.8 Å². The normalized spacial score (nSPS) is 11.1. The van der Waals surface area contributed by atoms with E-state index in [2.05, 4.69) is 27.1 Å². The quantitative estimate of drug-likeness (QED) is 0.420. The van der Waals surface area contributed by atoms with Crippen LogP contribution in [0, 0.1) is 6.92 Å². The highest BCUT2D eigenvalue weighted by molar-refractivity contribution is 7.98. The minimum Gasteiger partial charge on any atom is -0.281 e. The first-order valence-corrected chi connectivity index (χ1v) is 8.77. The van der Waals surface area contributed by atoms with Crippen molar-refractivity contribution in [3.8, 4) is 22.6 Å². The second-order valence-corrected chi connectivity index (χ2v) is 6.12. The van der Waals surface area contributed by atoms with E-state index in [9.17, 15) is 0 Å². The SMILES string of the molecule is CSc1nccc(-c2c(-c3ccccc3)nc3nc(C)ccn23)n1. The number of rotatable bonds is 3. The Kier molecular flexibility index (Phi) is 3.74. The van der Waals surface area contributed by atoms with Gasteiger partial charge in [-0.25, -0.2) is 19.9 Å². The Morgan fingerprint density at radius 2 is 1.79 bits per heavy atom. The molecule has 118 valence electrons. The topological polar surface area (TPSA) is 56.0 Å². The summed E-state index contributed by atoms with van der Waals surface area (Å²) in [6, 6.07) is 14.0. The van der Waals surface area contributed by atoms with E-state index in [-0.39, 0.29) is 0 Å². The smallest absolute Gasteiger partial charge is 0.235 e. The molecular weight excluding hydrogens is 318 g/mol. The lowest BCUT2D eigenvalue weighted by atomic mass is 10.1. The summed E-state index contributed by atoms with van der Waals surface area (Å²) in [4.78, 5) is 18.2. The summed E-state index contributed by atoms with van der Waals surface area (Å²) in [7, 11) is 0. The Morgan fingerprint density at radius 1 is 0.958 bits per heavy atom. The molecule has 24 heavy (non-hydrogen) atoms. The molecule has 4 rings (SSSR count). The molecule has 4 aromatic rings. The van der Waals surface area contributed by atoms with Crippen LogP contribution in [0.4, 0.5) is 0 Å². The van der Waals surface area contributed by atoms with Gasteiger partial charge in [0.25, 0.3) is 0 Å². The van der Waals surface area contributed by atoms with Crippen molar-refractivity contribution in [2.75, 3.05) is 6.26 Å². The van der Waals surface area contributed by atoms with Crippen LogP contribution in [-0.4, -0.2) is 30.6 Å². The molecule has 6 heteroatoms. The van der Waals surface area contributed by atoms with Crippen LogP contribution in [0.15, 0.2) is 60.0 Å². The van der Waals surface area contributed by atoms with Crippen LogP contribution < -0.4 is 0 Å². The minimum atomic E-state index is 0.674. The Bertz CT molecular complexity index is 1010. The summed E-state index contributed by atoms with van der Waals surface area (Å²) in [5.74, 6) is 0.674. The zero-order valence-electron chi connectivity index (χ0n) is 13.3. The van der Waals surface area contributed by atoms with Gasteiger partial charge in [-0.3, -0.25) is 4.40 Å². The van der Waals surface area contributed by atoms with Crippen LogP contribution in [0.5, 0.6) is 0 Å². The number of hydrogen-bond acceptors (Lipinski definition) is 5. The molecule has 0 atom stereocenters. The maximum absolute atomic E-state index is 4.76. The molecule has 1 aromatic carbocycles. The molecule has 5 nitrogen and oxygen atoms in total. The van der Waals surface area contributed by atoms with Crippen LogP contribution in [-0.2, 0) is 0 Å². The van der Waals surface area contributed by atoms with Crippen LogP contribution >= 0.6 is 11.8 Å². The van der Waals surface area contributed by atoms with Crippen molar-refractivity contribution in [1.82, 2.24) is 24.3 Å². The molecule has 0 radical (unpaired) electrons. The van der Waals surface area contributed by atoms with Crippen molar-refractivity contribution in [2.45, 2.75) is 12.1 Å². The number of thioether (sulfide) groups is 1. The third kappa shape index (κ3) is 2.55. The fraction of sp³-hybridized carbons (Fsp3) is 0.111. The Morgan fingerprint density at radius 3 is 2.58 bits per heavy atom. The largest absolute Gasteiger partial charge is 0.281 e. The van der Waals surface area contributed by atoms with E-state index in [1.807, 2.05) is 54.1 Å². The zero-order valence-corrected chi connectivity index (χ0v) is 14.2. The van der Waals surface area contributed by atoms with Crippen LogP contribution in [0.2, 0.25) is 0 Å². The Balaban J connectivity index is 2.04. The van der Waals surface area contributed by atoms with Gasteiger partial charge in [0.2, 0.25) is 5.78 Å². The van der Waals surface area contributed by atoms with Gasteiger partial charge in [0.05, 0.1) is 5.69 Å². The van der Waals surface area contributed by atoms with Gasteiger partial charge in [0, 0.05) is 23.7 Å². The zero-order chi connectivity index (χ0) is 16.5. The molecule has 0 aliphatic rings. The lowest BCUT2D eigenvalue weighted by Crippen LogP contribution is -1.96. The predicted octanol–water partition coefficient (Wildman–Crippen LogP) is 3.88. The van der Waals surface area contributed by atoms with Gasteiger partial charge in [-0.15, -0.1) is 0 Å². The maximum Gasteiger partial charge on any atom is 0.235 e. The number of aryl methyl sites for hydroxylation is 1. The number of nitrogens with zero attached hydrogens (tertiary/aromatic N) is 5.